The molecule has 0 amide bonds. The van der Waals surface area contributed by atoms with Gasteiger partial charge >= 0.3 is 0 Å². The highest BCUT2D eigenvalue weighted by Gasteiger charge is 2.11. The molecule has 0 saturated carbocycles. The summed E-state index contributed by atoms with van der Waals surface area (Å²) < 4.78 is 6.72. The van der Waals surface area contributed by atoms with Crippen LogP contribution in [0.5, 0.6) is 5.75 Å². The van der Waals surface area contributed by atoms with Crippen LogP contribution in [0.1, 0.15) is 12.5 Å². The summed E-state index contributed by atoms with van der Waals surface area (Å²) >= 11 is 0. The Bertz CT molecular complexity index is 875. The van der Waals surface area contributed by atoms with Crippen molar-refractivity contribution < 1.29 is 9.84 Å². The van der Waals surface area contributed by atoms with Crippen LogP contribution >= 0.6 is 0 Å². The Morgan fingerprint density at radius 3 is 2.67 bits per heavy atom. The molecule has 1 unspecified atom stereocenters. The number of rotatable bonds is 6. The van der Waals surface area contributed by atoms with E-state index in [-0.39, 0.29) is 18.7 Å². The molecule has 3 aromatic rings. The lowest BCUT2D eigenvalue weighted by Crippen LogP contribution is -2.32. The minimum absolute atomic E-state index is 0.0315. The maximum absolute atomic E-state index is 12.3. The van der Waals surface area contributed by atoms with Crippen LogP contribution in [-0.4, -0.2) is 32.8 Å². The molecular formula is C18H19N3O3. The van der Waals surface area contributed by atoms with Gasteiger partial charge in [0, 0.05) is 0 Å². The van der Waals surface area contributed by atoms with Gasteiger partial charge in [-0.25, -0.2) is 4.68 Å². The van der Waals surface area contributed by atoms with Crippen molar-refractivity contribution in [2.45, 2.75) is 26.0 Å². The fourth-order valence-electron chi connectivity index (χ4n) is 2.41. The minimum atomic E-state index is -0.857. The van der Waals surface area contributed by atoms with Gasteiger partial charge in [-0.15, -0.1) is 5.10 Å². The van der Waals surface area contributed by atoms with Crippen molar-refractivity contribution in [3.63, 3.8) is 0 Å². The van der Waals surface area contributed by atoms with E-state index in [9.17, 15) is 9.90 Å². The molecule has 0 aliphatic rings. The van der Waals surface area contributed by atoms with E-state index in [1.54, 1.807) is 24.3 Å². The van der Waals surface area contributed by atoms with Gasteiger partial charge in [-0.1, -0.05) is 36.4 Å². The highest BCUT2D eigenvalue weighted by molar-refractivity contribution is 5.76. The SMILES string of the molecule is CCc1ccc(OCC(O)Cn2nnc3ccccc3c2=O)cc1. The summed E-state index contributed by atoms with van der Waals surface area (Å²) in [6.45, 7) is 2.19. The summed E-state index contributed by atoms with van der Waals surface area (Å²) in [4.78, 5) is 12.3. The molecule has 1 heterocycles. The van der Waals surface area contributed by atoms with E-state index in [2.05, 4.69) is 17.2 Å². The lowest BCUT2D eigenvalue weighted by molar-refractivity contribution is 0.0873. The van der Waals surface area contributed by atoms with Crippen molar-refractivity contribution in [3.8, 4) is 5.75 Å². The first-order valence-corrected chi connectivity index (χ1v) is 7.89. The molecule has 1 N–H and O–H groups in total. The van der Waals surface area contributed by atoms with E-state index in [1.807, 2.05) is 24.3 Å². The van der Waals surface area contributed by atoms with Crippen molar-refractivity contribution in [2.24, 2.45) is 0 Å². The maximum atomic E-state index is 12.3. The molecule has 0 saturated heterocycles. The zero-order valence-corrected chi connectivity index (χ0v) is 13.4. The standard InChI is InChI=1S/C18H19N3O3/c1-2-13-7-9-15(10-8-13)24-12-14(22)11-21-18(23)16-5-3-4-6-17(16)19-20-21/h3-10,14,22H,2,11-12H2,1H3. The molecule has 0 aliphatic carbocycles. The van der Waals surface area contributed by atoms with E-state index < -0.39 is 6.10 Å². The Morgan fingerprint density at radius 2 is 1.92 bits per heavy atom. The van der Waals surface area contributed by atoms with Gasteiger partial charge in [-0.2, -0.15) is 0 Å². The molecule has 0 spiro atoms. The van der Waals surface area contributed by atoms with Crippen molar-refractivity contribution in [3.05, 3.63) is 64.4 Å². The Balaban J connectivity index is 1.65. The lowest BCUT2D eigenvalue weighted by atomic mass is 10.2. The summed E-state index contributed by atoms with van der Waals surface area (Å²) in [7, 11) is 0. The van der Waals surface area contributed by atoms with Crippen molar-refractivity contribution >= 4 is 10.9 Å². The predicted octanol–water partition coefficient (Wildman–Crippen LogP) is 1.79. The van der Waals surface area contributed by atoms with Crippen LogP contribution in [0.4, 0.5) is 0 Å². The number of aliphatic hydroxyl groups excluding tert-OH is 1. The van der Waals surface area contributed by atoms with Crippen LogP contribution < -0.4 is 10.3 Å². The average Bonchev–Trinajstić information content (AvgIpc) is 2.63. The van der Waals surface area contributed by atoms with Gasteiger partial charge in [0.25, 0.3) is 5.56 Å². The normalized spacial score (nSPS) is 12.2. The van der Waals surface area contributed by atoms with Crippen molar-refractivity contribution in [1.82, 2.24) is 15.0 Å². The first kappa shape index (κ1) is 16.1. The number of hydrogen-bond acceptors (Lipinski definition) is 5. The molecule has 1 atom stereocenters. The molecule has 0 radical (unpaired) electrons. The third-order valence-corrected chi connectivity index (χ3v) is 3.79. The minimum Gasteiger partial charge on any atom is -0.491 e. The second-order valence-electron chi connectivity index (χ2n) is 5.56. The lowest BCUT2D eigenvalue weighted by Gasteiger charge is -2.13. The molecule has 6 nitrogen and oxygen atoms in total. The van der Waals surface area contributed by atoms with Gasteiger partial charge < -0.3 is 9.84 Å². The smallest absolute Gasteiger partial charge is 0.277 e. The molecular weight excluding hydrogens is 306 g/mol. The quantitative estimate of drug-likeness (QED) is 0.748. The molecule has 1 aromatic heterocycles. The third kappa shape index (κ3) is 3.60. The monoisotopic (exact) mass is 325 g/mol. The number of aromatic nitrogens is 3. The van der Waals surface area contributed by atoms with E-state index >= 15 is 0 Å². The van der Waals surface area contributed by atoms with Crippen LogP contribution in [0, 0.1) is 0 Å². The molecule has 0 bridgehead atoms. The molecule has 3 rings (SSSR count). The van der Waals surface area contributed by atoms with Crippen molar-refractivity contribution in [2.75, 3.05) is 6.61 Å². The van der Waals surface area contributed by atoms with Gasteiger partial charge in [0.2, 0.25) is 0 Å². The van der Waals surface area contributed by atoms with Crippen LogP contribution in [-0.2, 0) is 13.0 Å². The van der Waals surface area contributed by atoms with Crippen LogP contribution in [0.3, 0.4) is 0 Å². The van der Waals surface area contributed by atoms with E-state index in [0.29, 0.717) is 16.7 Å². The summed E-state index contributed by atoms with van der Waals surface area (Å²) in [6.07, 6.45) is 0.107. The Kier molecular flexibility index (Phi) is 4.86. The Morgan fingerprint density at radius 1 is 1.17 bits per heavy atom. The zero-order valence-electron chi connectivity index (χ0n) is 13.4. The number of aliphatic hydroxyl groups is 1. The second-order valence-corrected chi connectivity index (χ2v) is 5.56. The largest absolute Gasteiger partial charge is 0.491 e. The Hall–Kier alpha value is -2.73. The number of hydrogen-bond donors (Lipinski definition) is 1. The van der Waals surface area contributed by atoms with E-state index in [0.717, 1.165) is 11.1 Å². The molecule has 24 heavy (non-hydrogen) atoms. The number of ether oxygens (including phenoxy) is 1. The van der Waals surface area contributed by atoms with Gasteiger partial charge in [-0.3, -0.25) is 4.79 Å². The highest BCUT2D eigenvalue weighted by Crippen LogP contribution is 2.13. The topological polar surface area (TPSA) is 77.2 Å². The molecule has 2 aromatic carbocycles. The third-order valence-electron chi connectivity index (χ3n) is 3.79. The first-order chi connectivity index (χ1) is 11.7. The molecule has 0 aliphatic heterocycles. The molecule has 0 fully saturated rings. The van der Waals surface area contributed by atoms with Gasteiger partial charge in [0.05, 0.1) is 11.9 Å². The second kappa shape index (κ2) is 7.23. The summed E-state index contributed by atoms with van der Waals surface area (Å²) in [5, 5.41) is 18.4. The van der Waals surface area contributed by atoms with Gasteiger partial charge in [0.1, 0.15) is 24.0 Å². The number of benzene rings is 2. The predicted molar refractivity (Wildman–Crippen MR) is 91.1 cm³/mol. The van der Waals surface area contributed by atoms with Gasteiger partial charge in [0.15, 0.2) is 0 Å². The van der Waals surface area contributed by atoms with Crippen LogP contribution in [0.25, 0.3) is 10.9 Å². The number of aryl methyl sites for hydroxylation is 1. The van der Waals surface area contributed by atoms with E-state index in [1.165, 1.54) is 5.56 Å². The fourth-order valence-corrected chi connectivity index (χ4v) is 2.41. The fraction of sp³-hybridized carbons (Fsp3) is 0.278. The summed E-state index contributed by atoms with van der Waals surface area (Å²) in [5.74, 6) is 0.684. The highest BCUT2D eigenvalue weighted by atomic mass is 16.5. The number of fused-ring (bicyclic) bond motifs is 1. The number of nitrogens with zero attached hydrogens (tertiary/aromatic N) is 3. The van der Waals surface area contributed by atoms with Gasteiger partial charge in [-0.05, 0) is 36.2 Å². The van der Waals surface area contributed by atoms with E-state index in [4.69, 9.17) is 4.74 Å². The Labute approximate surface area is 139 Å². The average molecular weight is 325 g/mol. The molecule has 6 heteroatoms. The summed E-state index contributed by atoms with van der Waals surface area (Å²) in [6, 6.07) is 14.7. The first-order valence-electron chi connectivity index (χ1n) is 7.89. The zero-order chi connectivity index (χ0) is 16.9. The molecule has 124 valence electrons. The van der Waals surface area contributed by atoms with Crippen LogP contribution in [0.2, 0.25) is 0 Å². The van der Waals surface area contributed by atoms with Crippen LogP contribution in [0.15, 0.2) is 53.3 Å². The van der Waals surface area contributed by atoms with Crippen molar-refractivity contribution in [1.29, 1.82) is 0 Å². The summed E-state index contributed by atoms with van der Waals surface area (Å²) in [5.41, 5.74) is 1.49. The maximum Gasteiger partial charge on any atom is 0.277 e.